The van der Waals surface area contributed by atoms with E-state index >= 15 is 0 Å². The van der Waals surface area contributed by atoms with Crippen LogP contribution in [0.4, 0.5) is 13.2 Å². The van der Waals surface area contributed by atoms with E-state index in [1.807, 2.05) is 6.92 Å². The number of halogens is 3. The average molecular weight is 280 g/mol. The van der Waals surface area contributed by atoms with Crippen molar-refractivity contribution in [2.75, 3.05) is 26.2 Å². The van der Waals surface area contributed by atoms with Gasteiger partial charge in [-0.2, -0.15) is 13.2 Å². The number of hydrogen-bond acceptors (Lipinski definition) is 2. The van der Waals surface area contributed by atoms with E-state index in [2.05, 4.69) is 5.32 Å². The van der Waals surface area contributed by atoms with Crippen LogP contribution < -0.4 is 5.32 Å². The molecule has 0 radical (unpaired) electrons. The van der Waals surface area contributed by atoms with Gasteiger partial charge in [-0.25, -0.2) is 0 Å². The zero-order chi connectivity index (χ0) is 14.3. The maximum atomic E-state index is 12.1. The Morgan fingerprint density at radius 1 is 1.32 bits per heavy atom. The van der Waals surface area contributed by atoms with Gasteiger partial charge >= 0.3 is 6.18 Å². The minimum atomic E-state index is -4.25. The second kappa shape index (κ2) is 7.72. The molecule has 1 amide bonds. The van der Waals surface area contributed by atoms with E-state index in [4.69, 9.17) is 0 Å². The molecule has 0 atom stereocenters. The summed E-state index contributed by atoms with van der Waals surface area (Å²) in [5.74, 6) is 0.0559. The van der Waals surface area contributed by atoms with Crippen LogP contribution in [0.1, 0.15) is 39.0 Å². The molecule has 1 aliphatic rings. The highest BCUT2D eigenvalue weighted by molar-refractivity contribution is 5.76. The Morgan fingerprint density at radius 2 is 1.95 bits per heavy atom. The molecule has 0 aromatic carbocycles. The molecule has 112 valence electrons. The molecule has 0 aliphatic carbocycles. The van der Waals surface area contributed by atoms with E-state index in [-0.39, 0.29) is 5.91 Å². The van der Waals surface area contributed by atoms with Crippen LogP contribution in [-0.4, -0.2) is 43.2 Å². The van der Waals surface area contributed by atoms with Gasteiger partial charge in [0.05, 0.1) is 6.42 Å². The van der Waals surface area contributed by atoms with Crippen molar-refractivity contribution in [1.82, 2.24) is 10.2 Å². The summed E-state index contributed by atoms with van der Waals surface area (Å²) >= 11 is 0. The third-order valence-electron chi connectivity index (χ3n) is 3.41. The van der Waals surface area contributed by atoms with Gasteiger partial charge in [0, 0.05) is 19.5 Å². The first-order valence-corrected chi connectivity index (χ1v) is 6.97. The molecule has 6 heteroatoms. The third kappa shape index (κ3) is 6.80. The van der Waals surface area contributed by atoms with Gasteiger partial charge in [-0.1, -0.05) is 6.92 Å². The monoisotopic (exact) mass is 280 g/mol. The number of amides is 1. The predicted octanol–water partition coefficient (Wildman–Crippen LogP) is 2.57. The molecular weight excluding hydrogens is 257 g/mol. The van der Waals surface area contributed by atoms with Gasteiger partial charge in [-0.05, 0) is 38.3 Å². The van der Waals surface area contributed by atoms with Crippen LogP contribution in [0.15, 0.2) is 0 Å². The summed E-state index contributed by atoms with van der Waals surface area (Å²) < 4.78 is 36.4. The van der Waals surface area contributed by atoms with Crippen molar-refractivity contribution >= 4 is 5.91 Å². The Morgan fingerprint density at radius 3 is 2.47 bits per heavy atom. The third-order valence-corrected chi connectivity index (χ3v) is 3.41. The van der Waals surface area contributed by atoms with Crippen LogP contribution in [0.2, 0.25) is 0 Å². The number of hydrogen-bond donors (Lipinski definition) is 1. The normalized spacial score (nSPS) is 17.5. The molecule has 1 heterocycles. The zero-order valence-corrected chi connectivity index (χ0v) is 11.4. The highest BCUT2D eigenvalue weighted by Gasteiger charge is 2.29. The molecule has 19 heavy (non-hydrogen) atoms. The number of carbonyl (C=O) groups is 1. The molecule has 1 N–H and O–H groups in total. The second-order valence-corrected chi connectivity index (χ2v) is 5.15. The molecule has 0 bridgehead atoms. The molecule has 1 saturated heterocycles. The van der Waals surface area contributed by atoms with E-state index in [1.165, 1.54) is 0 Å². The first-order chi connectivity index (χ1) is 8.92. The average Bonchev–Trinajstić information content (AvgIpc) is 2.36. The van der Waals surface area contributed by atoms with E-state index in [0.717, 1.165) is 32.4 Å². The Bertz CT molecular complexity index is 276. The fourth-order valence-electron chi connectivity index (χ4n) is 2.37. The highest BCUT2D eigenvalue weighted by atomic mass is 19.4. The van der Waals surface area contributed by atoms with Gasteiger partial charge in [-0.3, -0.25) is 4.79 Å². The zero-order valence-electron chi connectivity index (χ0n) is 11.4. The van der Waals surface area contributed by atoms with Crippen molar-refractivity contribution in [3.05, 3.63) is 0 Å². The summed E-state index contributed by atoms with van der Waals surface area (Å²) in [7, 11) is 0. The topological polar surface area (TPSA) is 32.3 Å². The van der Waals surface area contributed by atoms with Crippen LogP contribution >= 0.6 is 0 Å². The van der Waals surface area contributed by atoms with Crippen LogP contribution in [0.5, 0.6) is 0 Å². The predicted molar refractivity (Wildman–Crippen MR) is 67.8 cm³/mol. The SMILES string of the molecule is CCCN(CC1CCNCC1)C(=O)CCC(F)(F)F. The van der Waals surface area contributed by atoms with E-state index < -0.39 is 19.0 Å². The van der Waals surface area contributed by atoms with Crippen LogP contribution in [-0.2, 0) is 4.79 Å². The Balaban J connectivity index is 2.43. The number of rotatable bonds is 6. The van der Waals surface area contributed by atoms with Crippen molar-refractivity contribution in [3.63, 3.8) is 0 Å². The summed E-state index contributed by atoms with van der Waals surface area (Å²) in [5.41, 5.74) is 0. The second-order valence-electron chi connectivity index (χ2n) is 5.15. The number of alkyl halides is 3. The molecule has 0 unspecified atom stereocenters. The minimum absolute atomic E-state index is 0.363. The highest BCUT2D eigenvalue weighted by Crippen LogP contribution is 2.22. The van der Waals surface area contributed by atoms with Crippen molar-refractivity contribution in [2.45, 2.75) is 45.2 Å². The molecule has 0 saturated carbocycles. The van der Waals surface area contributed by atoms with Crippen molar-refractivity contribution in [1.29, 1.82) is 0 Å². The lowest BCUT2D eigenvalue weighted by atomic mass is 9.97. The van der Waals surface area contributed by atoms with Gasteiger partial charge in [0.25, 0.3) is 0 Å². The van der Waals surface area contributed by atoms with E-state index in [0.29, 0.717) is 19.0 Å². The summed E-state index contributed by atoms with van der Waals surface area (Å²) in [6, 6.07) is 0. The molecule has 0 spiro atoms. The summed E-state index contributed by atoms with van der Waals surface area (Å²) in [4.78, 5) is 13.5. The quantitative estimate of drug-likeness (QED) is 0.811. The first kappa shape index (κ1) is 16.3. The van der Waals surface area contributed by atoms with Gasteiger partial charge in [0.2, 0.25) is 5.91 Å². The van der Waals surface area contributed by atoms with Crippen LogP contribution in [0.3, 0.4) is 0 Å². The van der Waals surface area contributed by atoms with E-state index in [1.54, 1.807) is 4.90 Å². The van der Waals surface area contributed by atoms with Gasteiger partial charge in [0.1, 0.15) is 0 Å². The van der Waals surface area contributed by atoms with Crippen LogP contribution in [0, 0.1) is 5.92 Å². The minimum Gasteiger partial charge on any atom is -0.342 e. The Hall–Kier alpha value is -0.780. The molecule has 1 fully saturated rings. The van der Waals surface area contributed by atoms with Gasteiger partial charge in [0.15, 0.2) is 0 Å². The number of nitrogens with zero attached hydrogens (tertiary/aromatic N) is 1. The maximum absolute atomic E-state index is 12.1. The fourth-order valence-corrected chi connectivity index (χ4v) is 2.37. The number of piperidine rings is 1. The summed E-state index contributed by atoms with van der Waals surface area (Å²) in [6.07, 6.45) is -2.92. The molecule has 1 aliphatic heterocycles. The lowest BCUT2D eigenvalue weighted by molar-refractivity contribution is -0.149. The number of carbonyl (C=O) groups excluding carboxylic acids is 1. The largest absolute Gasteiger partial charge is 0.389 e. The molecule has 0 aromatic rings. The lowest BCUT2D eigenvalue weighted by Gasteiger charge is -2.30. The molecule has 0 aromatic heterocycles. The molecule has 3 nitrogen and oxygen atoms in total. The Kier molecular flexibility index (Phi) is 6.62. The molecular formula is C13H23F3N2O. The van der Waals surface area contributed by atoms with Crippen LogP contribution in [0.25, 0.3) is 0 Å². The number of nitrogens with one attached hydrogen (secondary N) is 1. The standard InChI is InChI=1S/C13H23F3N2O/c1-2-9-18(10-11-4-7-17-8-5-11)12(19)3-6-13(14,15)16/h11,17H,2-10H2,1H3. The van der Waals surface area contributed by atoms with Gasteiger partial charge < -0.3 is 10.2 Å². The van der Waals surface area contributed by atoms with E-state index in [9.17, 15) is 18.0 Å². The Labute approximate surface area is 112 Å². The van der Waals surface area contributed by atoms with Gasteiger partial charge in [-0.15, -0.1) is 0 Å². The first-order valence-electron chi connectivity index (χ1n) is 6.97. The van der Waals surface area contributed by atoms with Crippen molar-refractivity contribution in [3.8, 4) is 0 Å². The summed E-state index contributed by atoms with van der Waals surface area (Å²) in [6.45, 7) is 4.96. The van der Waals surface area contributed by atoms with Crippen molar-refractivity contribution in [2.24, 2.45) is 5.92 Å². The smallest absolute Gasteiger partial charge is 0.342 e. The fraction of sp³-hybridized carbons (Fsp3) is 0.923. The van der Waals surface area contributed by atoms with Crippen molar-refractivity contribution < 1.29 is 18.0 Å². The molecule has 1 rings (SSSR count). The lowest BCUT2D eigenvalue weighted by Crippen LogP contribution is -2.40. The maximum Gasteiger partial charge on any atom is 0.389 e. The summed E-state index contributed by atoms with van der Waals surface area (Å²) in [5, 5.41) is 3.24.